The number of rotatable bonds is 9. The van der Waals surface area contributed by atoms with Crippen LogP contribution < -0.4 is 4.72 Å². The van der Waals surface area contributed by atoms with Gasteiger partial charge < -0.3 is 9.80 Å². The quantitative estimate of drug-likeness (QED) is 0.604. The average molecular weight is 459 g/mol. The van der Waals surface area contributed by atoms with Gasteiger partial charge in [0.15, 0.2) is 0 Å². The molecule has 1 fully saturated rings. The van der Waals surface area contributed by atoms with Gasteiger partial charge in [0.05, 0.1) is 11.6 Å². The normalized spacial score (nSPS) is 15.6. The lowest BCUT2D eigenvalue weighted by Crippen LogP contribution is -2.42. The molecule has 30 heavy (non-hydrogen) atoms. The van der Waals surface area contributed by atoms with E-state index in [1.165, 1.54) is 12.1 Å². The highest BCUT2D eigenvalue weighted by Gasteiger charge is 2.22. The number of nitrogens with one attached hydrogen (secondary N) is 1. The summed E-state index contributed by atoms with van der Waals surface area (Å²) < 4.78 is 27.1. The van der Waals surface area contributed by atoms with E-state index in [1.807, 2.05) is 13.8 Å². The van der Waals surface area contributed by atoms with Crippen LogP contribution in [0.2, 0.25) is 5.02 Å². The smallest absolute Gasteiger partial charge is 0.242 e. The molecule has 0 spiro atoms. The molecular formula is C20H31ClN4O4S. The topological polar surface area (TPSA) is 90.0 Å². The molecule has 1 aliphatic rings. The Labute approximate surface area is 184 Å². The molecule has 8 nitrogen and oxygen atoms in total. The van der Waals surface area contributed by atoms with Crippen molar-refractivity contribution in [3.05, 3.63) is 29.3 Å². The number of sulfonamides is 1. The predicted molar refractivity (Wildman–Crippen MR) is 117 cm³/mol. The molecule has 10 heteroatoms. The number of benzene rings is 1. The Morgan fingerprint density at radius 3 is 2.47 bits per heavy atom. The molecule has 0 saturated carbocycles. The highest BCUT2D eigenvalue weighted by Crippen LogP contribution is 2.20. The van der Waals surface area contributed by atoms with Gasteiger partial charge in [0.2, 0.25) is 21.8 Å². The first-order chi connectivity index (χ1) is 14.3. The van der Waals surface area contributed by atoms with Crippen molar-refractivity contribution in [2.75, 3.05) is 52.4 Å². The third-order valence-electron chi connectivity index (χ3n) is 5.17. The van der Waals surface area contributed by atoms with Crippen LogP contribution in [0.5, 0.6) is 0 Å². The van der Waals surface area contributed by atoms with E-state index in [0.29, 0.717) is 39.3 Å². The fraction of sp³-hybridized carbons (Fsp3) is 0.600. The standard InChI is InChI=1S/C20H31ClN4O4S/c1-3-24(4-2)20(27)16-23-12-7-13-25(15-14-23)19(26)10-11-22-30(28,29)18-9-6-5-8-17(18)21/h5-6,8-9,22H,3-4,7,10-16H2,1-2H3. The molecule has 2 amide bonds. The van der Waals surface area contributed by atoms with E-state index in [-0.39, 0.29) is 34.7 Å². The lowest BCUT2D eigenvalue weighted by atomic mass is 10.3. The van der Waals surface area contributed by atoms with E-state index >= 15 is 0 Å². The summed E-state index contributed by atoms with van der Waals surface area (Å²) in [4.78, 5) is 30.5. The minimum atomic E-state index is -3.76. The Morgan fingerprint density at radius 2 is 1.80 bits per heavy atom. The number of carbonyl (C=O) groups excluding carboxylic acids is 2. The lowest BCUT2D eigenvalue weighted by molar-refractivity contribution is -0.132. The first-order valence-electron chi connectivity index (χ1n) is 10.3. The summed E-state index contributed by atoms with van der Waals surface area (Å²) in [5.41, 5.74) is 0. The molecule has 0 unspecified atom stereocenters. The Kier molecular flexibility index (Phi) is 9.54. The number of hydrogen-bond donors (Lipinski definition) is 1. The molecule has 0 aromatic heterocycles. The molecule has 1 N–H and O–H groups in total. The number of hydrogen-bond acceptors (Lipinski definition) is 5. The third-order valence-corrected chi connectivity index (χ3v) is 7.13. The van der Waals surface area contributed by atoms with E-state index < -0.39 is 10.0 Å². The largest absolute Gasteiger partial charge is 0.342 e. The van der Waals surface area contributed by atoms with Gasteiger partial charge in [-0.25, -0.2) is 13.1 Å². The lowest BCUT2D eigenvalue weighted by Gasteiger charge is -2.25. The maximum atomic E-state index is 12.5. The van der Waals surface area contributed by atoms with Crippen LogP contribution in [0, 0.1) is 0 Å². The molecule has 0 aliphatic carbocycles. The maximum Gasteiger partial charge on any atom is 0.242 e. The Bertz CT molecular complexity index is 830. The zero-order valence-corrected chi connectivity index (χ0v) is 19.2. The maximum absolute atomic E-state index is 12.5. The van der Waals surface area contributed by atoms with E-state index in [9.17, 15) is 18.0 Å². The van der Waals surface area contributed by atoms with E-state index in [1.54, 1.807) is 21.9 Å². The molecule has 1 saturated heterocycles. The highest BCUT2D eigenvalue weighted by atomic mass is 35.5. The van der Waals surface area contributed by atoms with Crippen molar-refractivity contribution < 1.29 is 18.0 Å². The van der Waals surface area contributed by atoms with Crippen molar-refractivity contribution in [3.8, 4) is 0 Å². The van der Waals surface area contributed by atoms with Gasteiger partial charge in [-0.1, -0.05) is 23.7 Å². The van der Waals surface area contributed by atoms with Crippen LogP contribution in [0.25, 0.3) is 0 Å². The van der Waals surface area contributed by atoms with Gasteiger partial charge in [-0.05, 0) is 32.4 Å². The van der Waals surface area contributed by atoms with E-state index in [0.717, 1.165) is 13.0 Å². The Hall–Kier alpha value is -1.68. The SMILES string of the molecule is CCN(CC)C(=O)CN1CCCN(C(=O)CCNS(=O)(=O)c2ccccc2Cl)CC1. The third kappa shape index (κ3) is 6.94. The minimum absolute atomic E-state index is 0.00222. The van der Waals surface area contributed by atoms with Crippen molar-refractivity contribution in [2.45, 2.75) is 31.6 Å². The van der Waals surface area contributed by atoms with Crippen LogP contribution >= 0.6 is 11.6 Å². The number of amides is 2. The van der Waals surface area contributed by atoms with Crippen LogP contribution in [0.1, 0.15) is 26.7 Å². The van der Waals surface area contributed by atoms with Crippen LogP contribution in [-0.2, 0) is 19.6 Å². The first-order valence-corrected chi connectivity index (χ1v) is 12.2. The zero-order valence-electron chi connectivity index (χ0n) is 17.6. The summed E-state index contributed by atoms with van der Waals surface area (Å²) in [5.74, 6) is 0.00235. The number of halogens is 1. The molecule has 1 aliphatic heterocycles. The summed E-state index contributed by atoms with van der Waals surface area (Å²) in [6.07, 6.45) is 0.852. The van der Waals surface area contributed by atoms with Crippen LogP contribution in [0.3, 0.4) is 0 Å². The fourth-order valence-electron chi connectivity index (χ4n) is 3.44. The van der Waals surface area contributed by atoms with Gasteiger partial charge >= 0.3 is 0 Å². The second kappa shape index (κ2) is 11.6. The number of likely N-dealkylation sites (N-methyl/N-ethyl adjacent to an activating group) is 1. The summed E-state index contributed by atoms with van der Waals surface area (Å²) in [5, 5.41) is 0.142. The highest BCUT2D eigenvalue weighted by molar-refractivity contribution is 7.89. The van der Waals surface area contributed by atoms with Crippen molar-refractivity contribution >= 4 is 33.4 Å². The van der Waals surface area contributed by atoms with Gasteiger partial charge in [0.1, 0.15) is 4.90 Å². The summed E-state index contributed by atoms with van der Waals surface area (Å²) in [6, 6.07) is 6.19. The van der Waals surface area contributed by atoms with Gasteiger partial charge in [-0.3, -0.25) is 14.5 Å². The van der Waals surface area contributed by atoms with Crippen molar-refractivity contribution in [3.63, 3.8) is 0 Å². The molecular weight excluding hydrogens is 428 g/mol. The number of carbonyl (C=O) groups is 2. The van der Waals surface area contributed by atoms with Crippen LogP contribution in [0.15, 0.2) is 29.2 Å². The summed E-state index contributed by atoms with van der Waals surface area (Å²) in [7, 11) is -3.76. The van der Waals surface area contributed by atoms with Gasteiger partial charge in [0.25, 0.3) is 0 Å². The Balaban J connectivity index is 1.81. The zero-order chi connectivity index (χ0) is 22.1. The first kappa shape index (κ1) is 24.6. The van der Waals surface area contributed by atoms with Crippen molar-refractivity contribution in [1.82, 2.24) is 19.4 Å². The molecule has 168 valence electrons. The monoisotopic (exact) mass is 458 g/mol. The van der Waals surface area contributed by atoms with Crippen LogP contribution in [-0.4, -0.2) is 87.3 Å². The Morgan fingerprint density at radius 1 is 1.10 bits per heavy atom. The van der Waals surface area contributed by atoms with Crippen LogP contribution in [0.4, 0.5) is 0 Å². The predicted octanol–water partition coefficient (Wildman–Crippen LogP) is 1.41. The van der Waals surface area contributed by atoms with Gasteiger partial charge in [-0.2, -0.15) is 0 Å². The summed E-state index contributed by atoms with van der Waals surface area (Å²) in [6.45, 7) is 8.20. The van der Waals surface area contributed by atoms with Crippen molar-refractivity contribution in [2.24, 2.45) is 0 Å². The van der Waals surface area contributed by atoms with Crippen molar-refractivity contribution in [1.29, 1.82) is 0 Å². The molecule has 1 aromatic carbocycles. The molecule has 0 bridgehead atoms. The molecule has 2 rings (SSSR count). The average Bonchev–Trinajstić information content (AvgIpc) is 2.94. The minimum Gasteiger partial charge on any atom is -0.342 e. The summed E-state index contributed by atoms with van der Waals surface area (Å²) >= 11 is 5.95. The molecule has 1 aromatic rings. The van der Waals surface area contributed by atoms with Gasteiger partial charge in [0, 0.05) is 52.2 Å². The molecule has 0 radical (unpaired) electrons. The van der Waals surface area contributed by atoms with Gasteiger partial charge in [-0.15, -0.1) is 0 Å². The fourth-order valence-corrected chi connectivity index (χ4v) is 4.99. The molecule has 1 heterocycles. The second-order valence-corrected chi connectivity index (χ2v) is 9.30. The van der Waals surface area contributed by atoms with E-state index in [2.05, 4.69) is 9.62 Å². The number of nitrogens with zero attached hydrogens (tertiary/aromatic N) is 3. The second-order valence-electron chi connectivity index (χ2n) is 7.15. The van der Waals surface area contributed by atoms with E-state index in [4.69, 9.17) is 11.6 Å². The molecule has 0 atom stereocenters.